The van der Waals surface area contributed by atoms with Crippen molar-refractivity contribution in [1.82, 2.24) is 4.90 Å². The first kappa shape index (κ1) is 17.8. The van der Waals surface area contributed by atoms with Crippen LogP contribution in [-0.2, 0) is 14.3 Å². The Morgan fingerprint density at radius 1 is 1.13 bits per heavy atom. The third-order valence-electron chi connectivity index (χ3n) is 3.42. The Morgan fingerprint density at radius 3 is 2.43 bits per heavy atom. The van der Waals surface area contributed by atoms with Crippen LogP contribution in [0.1, 0.15) is 32.8 Å². The van der Waals surface area contributed by atoms with Gasteiger partial charge < -0.3 is 4.74 Å². The Kier molecular flexibility index (Phi) is 6.42. The Morgan fingerprint density at radius 2 is 1.83 bits per heavy atom. The van der Waals surface area contributed by atoms with Gasteiger partial charge in [-0.05, 0) is 18.9 Å². The molecule has 0 bridgehead atoms. The van der Waals surface area contributed by atoms with Crippen molar-refractivity contribution in [1.29, 1.82) is 0 Å². The number of hydrogen-bond acceptors (Lipinski definition) is 4. The quantitative estimate of drug-likeness (QED) is 0.541. The molecule has 1 aliphatic heterocycles. The molecule has 4 nitrogen and oxygen atoms in total. The van der Waals surface area contributed by atoms with Gasteiger partial charge in [0.2, 0.25) is 0 Å². The van der Waals surface area contributed by atoms with Gasteiger partial charge in [0.1, 0.15) is 0 Å². The van der Waals surface area contributed by atoms with Crippen molar-refractivity contribution in [3.63, 3.8) is 0 Å². The number of carbonyl (C=O) groups is 2. The highest BCUT2D eigenvalue weighted by molar-refractivity contribution is 8.04. The van der Waals surface area contributed by atoms with Gasteiger partial charge in [0.25, 0.3) is 11.8 Å². The minimum Gasteiger partial charge on any atom is -0.382 e. The number of rotatable bonds is 8. The molecule has 0 aliphatic carbocycles. The Hall–Kier alpha value is -1.59. The summed E-state index contributed by atoms with van der Waals surface area (Å²) in [5.74, 6) is -0.370. The van der Waals surface area contributed by atoms with Crippen LogP contribution < -0.4 is 0 Å². The van der Waals surface area contributed by atoms with Crippen molar-refractivity contribution in [3.05, 3.63) is 40.8 Å². The highest BCUT2D eigenvalue weighted by atomic mass is 32.2. The fourth-order valence-corrected chi connectivity index (χ4v) is 3.44. The summed E-state index contributed by atoms with van der Waals surface area (Å²) in [5, 5.41) is 0.240. The fourth-order valence-electron chi connectivity index (χ4n) is 2.43. The normalized spacial score (nSPS) is 15.2. The number of imide groups is 1. The van der Waals surface area contributed by atoms with Crippen LogP contribution >= 0.6 is 11.8 Å². The maximum Gasteiger partial charge on any atom is 0.267 e. The van der Waals surface area contributed by atoms with Crippen LogP contribution in [0.2, 0.25) is 0 Å². The van der Waals surface area contributed by atoms with E-state index in [1.165, 1.54) is 16.7 Å². The summed E-state index contributed by atoms with van der Waals surface area (Å²) < 4.78 is 5.30. The van der Waals surface area contributed by atoms with Crippen LogP contribution in [0.4, 0.5) is 0 Å². The molecule has 0 N–H and O–H groups in total. The second kappa shape index (κ2) is 8.31. The van der Waals surface area contributed by atoms with Crippen molar-refractivity contribution in [2.45, 2.75) is 32.4 Å². The van der Waals surface area contributed by atoms with Crippen molar-refractivity contribution in [2.24, 2.45) is 0 Å². The smallest absolute Gasteiger partial charge is 0.267 e. The molecule has 0 spiro atoms. The zero-order chi connectivity index (χ0) is 16.8. The topological polar surface area (TPSA) is 46.6 Å². The number of amides is 2. The van der Waals surface area contributed by atoms with E-state index in [4.69, 9.17) is 4.74 Å². The molecule has 1 aliphatic rings. The molecule has 0 atom stereocenters. The summed E-state index contributed by atoms with van der Waals surface area (Å²) in [7, 11) is 0. The number of thioether (sulfide) groups is 1. The highest BCUT2D eigenvalue weighted by Gasteiger charge is 2.38. The van der Waals surface area contributed by atoms with E-state index >= 15 is 0 Å². The Balaban J connectivity index is 2.25. The second-order valence-corrected chi connectivity index (χ2v) is 7.14. The van der Waals surface area contributed by atoms with E-state index < -0.39 is 0 Å². The minimum absolute atomic E-state index is 0.177. The van der Waals surface area contributed by atoms with Gasteiger partial charge in [0.05, 0.1) is 10.5 Å². The largest absolute Gasteiger partial charge is 0.382 e. The van der Waals surface area contributed by atoms with Crippen molar-refractivity contribution >= 4 is 29.1 Å². The molecule has 0 radical (unpaired) electrons. The molecule has 23 heavy (non-hydrogen) atoms. The summed E-state index contributed by atoms with van der Waals surface area (Å²) in [6, 6.07) is 9.43. The van der Waals surface area contributed by atoms with Gasteiger partial charge in [-0.2, -0.15) is 0 Å². The first-order valence-corrected chi connectivity index (χ1v) is 8.84. The summed E-state index contributed by atoms with van der Waals surface area (Å²) in [6.45, 7) is 7.57. The molecular weight excluding hydrogens is 310 g/mol. The zero-order valence-electron chi connectivity index (χ0n) is 13.9. The minimum atomic E-state index is -0.194. The van der Waals surface area contributed by atoms with E-state index in [0.717, 1.165) is 5.56 Å². The summed E-state index contributed by atoms with van der Waals surface area (Å²) in [4.78, 5) is 27.4. The Labute approximate surface area is 141 Å². The predicted octanol–water partition coefficient (Wildman–Crippen LogP) is 3.33. The number of nitrogens with zero attached hydrogens (tertiary/aromatic N) is 1. The first-order valence-electron chi connectivity index (χ1n) is 7.96. The van der Waals surface area contributed by atoms with Gasteiger partial charge >= 0.3 is 0 Å². The molecule has 0 saturated carbocycles. The highest BCUT2D eigenvalue weighted by Crippen LogP contribution is 2.37. The lowest BCUT2D eigenvalue weighted by atomic mass is 10.1. The third kappa shape index (κ3) is 4.24. The van der Waals surface area contributed by atoms with Gasteiger partial charge in [-0.15, -0.1) is 11.8 Å². The Bertz CT molecular complexity index is 596. The summed E-state index contributed by atoms with van der Waals surface area (Å²) in [5.41, 5.74) is 1.34. The predicted molar refractivity (Wildman–Crippen MR) is 93.9 cm³/mol. The van der Waals surface area contributed by atoms with Gasteiger partial charge in [-0.1, -0.05) is 44.2 Å². The molecular formula is C18H23NO3S. The molecule has 1 aromatic carbocycles. The van der Waals surface area contributed by atoms with Crippen molar-refractivity contribution < 1.29 is 14.3 Å². The molecule has 1 heterocycles. The SMILES string of the molecule is CCOCCCN1C(=O)C(SC(C)C)=C(c2ccccc2)C1=O. The van der Waals surface area contributed by atoms with E-state index in [0.29, 0.717) is 36.7 Å². The maximum absolute atomic E-state index is 12.8. The number of ether oxygens (including phenoxy) is 1. The third-order valence-corrected chi connectivity index (χ3v) is 4.50. The van der Waals surface area contributed by atoms with E-state index in [-0.39, 0.29) is 17.1 Å². The summed E-state index contributed by atoms with van der Waals surface area (Å²) >= 11 is 1.46. The van der Waals surface area contributed by atoms with Crippen molar-refractivity contribution in [3.8, 4) is 0 Å². The number of hydrogen-bond donors (Lipinski definition) is 0. The van der Waals surface area contributed by atoms with Crippen LogP contribution in [0.25, 0.3) is 5.57 Å². The standard InChI is InChI=1S/C18H23NO3S/c1-4-22-12-8-11-19-17(20)15(14-9-6-5-7-10-14)16(18(19)21)23-13(2)3/h5-7,9-10,13H,4,8,11-12H2,1-3H3. The lowest BCUT2D eigenvalue weighted by Crippen LogP contribution is -2.33. The molecule has 124 valence electrons. The monoisotopic (exact) mass is 333 g/mol. The van der Waals surface area contributed by atoms with Crippen LogP contribution in [0.3, 0.4) is 0 Å². The van der Waals surface area contributed by atoms with Crippen LogP contribution in [0.15, 0.2) is 35.2 Å². The van der Waals surface area contributed by atoms with Crippen LogP contribution in [0, 0.1) is 0 Å². The van der Waals surface area contributed by atoms with Crippen molar-refractivity contribution in [2.75, 3.05) is 19.8 Å². The number of benzene rings is 1. The van der Waals surface area contributed by atoms with Crippen LogP contribution in [-0.4, -0.2) is 41.7 Å². The molecule has 0 aromatic heterocycles. The average molecular weight is 333 g/mol. The van der Waals surface area contributed by atoms with Gasteiger partial charge in [0, 0.05) is 25.0 Å². The lowest BCUT2D eigenvalue weighted by Gasteiger charge is -2.15. The maximum atomic E-state index is 12.8. The molecule has 1 aromatic rings. The molecule has 2 rings (SSSR count). The number of carbonyl (C=O) groups excluding carboxylic acids is 2. The molecule has 2 amide bonds. The zero-order valence-corrected chi connectivity index (χ0v) is 14.7. The molecule has 0 fully saturated rings. The van der Waals surface area contributed by atoms with E-state index in [1.54, 1.807) is 0 Å². The van der Waals surface area contributed by atoms with Crippen LogP contribution in [0.5, 0.6) is 0 Å². The van der Waals surface area contributed by atoms with Gasteiger partial charge in [-0.25, -0.2) is 0 Å². The summed E-state index contributed by atoms with van der Waals surface area (Å²) in [6.07, 6.45) is 0.660. The molecule has 0 saturated heterocycles. The van der Waals surface area contributed by atoms with E-state index in [2.05, 4.69) is 0 Å². The van der Waals surface area contributed by atoms with E-state index in [1.807, 2.05) is 51.1 Å². The van der Waals surface area contributed by atoms with Gasteiger partial charge in [-0.3, -0.25) is 14.5 Å². The van der Waals surface area contributed by atoms with Gasteiger partial charge in [0.15, 0.2) is 0 Å². The first-order chi connectivity index (χ1) is 11.1. The average Bonchev–Trinajstić information content (AvgIpc) is 2.76. The fraction of sp³-hybridized carbons (Fsp3) is 0.444. The molecule has 5 heteroatoms. The van der Waals surface area contributed by atoms with E-state index in [9.17, 15) is 9.59 Å². The second-order valence-electron chi connectivity index (χ2n) is 5.55. The molecule has 0 unspecified atom stereocenters. The lowest BCUT2D eigenvalue weighted by molar-refractivity contribution is -0.136.